The van der Waals surface area contributed by atoms with Gasteiger partial charge in [-0.15, -0.1) is 0 Å². The zero-order valence-corrected chi connectivity index (χ0v) is 16.1. The molecule has 8 heteroatoms. The highest BCUT2D eigenvalue weighted by molar-refractivity contribution is 4.67. The summed E-state index contributed by atoms with van der Waals surface area (Å²) in [6.45, 7) is 18.0. The summed E-state index contributed by atoms with van der Waals surface area (Å²) >= 11 is 0. The highest BCUT2D eigenvalue weighted by atomic mass is 16.5. The Kier molecular flexibility index (Phi) is 9.58. The largest absolute Gasteiger partial charge is 0.379 e. The molecule has 26 heavy (non-hydrogen) atoms. The molecule has 4 aliphatic rings. The monoisotopic (exact) mass is 372 g/mol. The Labute approximate surface area is 157 Å². The Morgan fingerprint density at radius 3 is 0.731 bits per heavy atom. The predicted octanol–water partition coefficient (Wildman–Crippen LogP) is -0.783. The van der Waals surface area contributed by atoms with Gasteiger partial charge in [0.05, 0.1) is 66.2 Å². The predicted molar refractivity (Wildman–Crippen MR) is 99.3 cm³/mol. The Hall–Kier alpha value is -0.320. The van der Waals surface area contributed by atoms with E-state index in [2.05, 4.69) is 19.6 Å². The maximum Gasteiger partial charge on any atom is 0.0594 e. The minimum absolute atomic E-state index is 0.893. The summed E-state index contributed by atoms with van der Waals surface area (Å²) in [5.41, 5.74) is 0. The average Bonchev–Trinajstić information content (AvgIpc) is 2.72. The van der Waals surface area contributed by atoms with Gasteiger partial charge in [0.25, 0.3) is 0 Å². The molecule has 0 unspecified atom stereocenters. The highest BCUT2D eigenvalue weighted by Crippen LogP contribution is 2.03. The van der Waals surface area contributed by atoms with Crippen LogP contribution in [-0.2, 0) is 18.9 Å². The molecule has 0 aromatic rings. The molecule has 4 heterocycles. The lowest BCUT2D eigenvalue weighted by Crippen LogP contribution is -2.47. The van der Waals surface area contributed by atoms with Crippen LogP contribution in [0, 0.1) is 0 Å². The third-order valence-electron chi connectivity index (χ3n) is 5.21. The molecule has 0 aromatic carbocycles. The Balaban J connectivity index is 0.000000151. The van der Waals surface area contributed by atoms with E-state index in [1.54, 1.807) is 0 Å². The van der Waals surface area contributed by atoms with E-state index in [1.165, 1.54) is 0 Å². The second-order valence-corrected chi connectivity index (χ2v) is 7.20. The van der Waals surface area contributed by atoms with E-state index in [9.17, 15) is 0 Å². The van der Waals surface area contributed by atoms with Crippen molar-refractivity contribution >= 4 is 0 Å². The summed E-state index contributed by atoms with van der Waals surface area (Å²) < 4.78 is 21.2. The molecule has 4 saturated heterocycles. The lowest BCUT2D eigenvalue weighted by atomic mass is 10.4. The third kappa shape index (κ3) is 7.74. The van der Waals surface area contributed by atoms with Crippen molar-refractivity contribution in [3.8, 4) is 0 Å². The first kappa shape index (κ1) is 20.4. The van der Waals surface area contributed by atoms with Gasteiger partial charge in [-0.3, -0.25) is 19.6 Å². The number of morpholine rings is 4. The summed E-state index contributed by atoms with van der Waals surface area (Å²) in [6, 6.07) is 0. The molecule has 152 valence electrons. The number of nitrogens with zero attached hydrogens (tertiary/aromatic N) is 4. The van der Waals surface area contributed by atoms with Gasteiger partial charge < -0.3 is 18.9 Å². The molecule has 0 spiro atoms. The van der Waals surface area contributed by atoms with E-state index in [4.69, 9.17) is 18.9 Å². The molecule has 0 aromatic heterocycles. The van der Waals surface area contributed by atoms with Crippen LogP contribution in [0.15, 0.2) is 0 Å². The van der Waals surface area contributed by atoms with Gasteiger partial charge >= 0.3 is 0 Å². The zero-order chi connectivity index (χ0) is 17.9. The summed E-state index contributed by atoms with van der Waals surface area (Å²) in [5, 5.41) is 0. The summed E-state index contributed by atoms with van der Waals surface area (Å²) in [4.78, 5) is 9.81. The first-order valence-electron chi connectivity index (χ1n) is 10.1. The molecule has 0 atom stereocenters. The van der Waals surface area contributed by atoms with E-state index < -0.39 is 0 Å². The second-order valence-electron chi connectivity index (χ2n) is 7.20. The van der Waals surface area contributed by atoms with Crippen LogP contribution in [0.1, 0.15) is 0 Å². The van der Waals surface area contributed by atoms with Crippen molar-refractivity contribution in [3.05, 3.63) is 0 Å². The highest BCUT2D eigenvalue weighted by Gasteiger charge is 2.17. The van der Waals surface area contributed by atoms with Crippen LogP contribution in [0.25, 0.3) is 0 Å². The van der Waals surface area contributed by atoms with Gasteiger partial charge in [0.2, 0.25) is 0 Å². The third-order valence-corrected chi connectivity index (χ3v) is 5.21. The van der Waals surface area contributed by atoms with E-state index in [-0.39, 0.29) is 0 Å². The van der Waals surface area contributed by atoms with Crippen LogP contribution in [0.5, 0.6) is 0 Å². The van der Waals surface area contributed by atoms with Crippen LogP contribution >= 0.6 is 0 Å². The maximum absolute atomic E-state index is 5.30. The normalized spacial score (nSPS) is 27.7. The second kappa shape index (κ2) is 12.2. The molecule has 4 aliphatic heterocycles. The van der Waals surface area contributed by atoms with Crippen molar-refractivity contribution in [2.24, 2.45) is 0 Å². The lowest BCUT2D eigenvalue weighted by Gasteiger charge is -2.34. The molecule has 8 nitrogen and oxygen atoms in total. The first-order valence-corrected chi connectivity index (χ1v) is 10.1. The van der Waals surface area contributed by atoms with E-state index in [0.29, 0.717) is 0 Å². The van der Waals surface area contributed by atoms with Crippen LogP contribution in [0.2, 0.25) is 0 Å². The lowest BCUT2D eigenvalue weighted by molar-refractivity contribution is -0.0230. The minimum Gasteiger partial charge on any atom is -0.379 e. The fourth-order valence-electron chi connectivity index (χ4n) is 3.54. The molecule has 4 rings (SSSR count). The first-order chi connectivity index (χ1) is 12.9. The molecule has 0 aliphatic carbocycles. The summed E-state index contributed by atoms with van der Waals surface area (Å²) in [5.74, 6) is 0. The number of hydrogen-bond acceptors (Lipinski definition) is 8. The van der Waals surface area contributed by atoms with Crippen LogP contribution in [-0.4, -0.2) is 138 Å². The number of rotatable bonds is 4. The topological polar surface area (TPSA) is 49.9 Å². The van der Waals surface area contributed by atoms with Gasteiger partial charge in [0.1, 0.15) is 0 Å². The summed E-state index contributed by atoms with van der Waals surface area (Å²) in [6.07, 6.45) is 0. The van der Waals surface area contributed by atoms with Crippen LogP contribution in [0.4, 0.5) is 0 Å². The van der Waals surface area contributed by atoms with E-state index >= 15 is 0 Å². The number of hydrogen-bond donors (Lipinski definition) is 0. The fraction of sp³-hybridized carbons (Fsp3) is 1.00. The van der Waals surface area contributed by atoms with Crippen molar-refractivity contribution in [1.82, 2.24) is 19.6 Å². The van der Waals surface area contributed by atoms with Gasteiger partial charge in [-0.1, -0.05) is 0 Å². The number of ether oxygens (including phenoxy) is 4. The SMILES string of the molecule is C1CN(CN2CCOCC2)CCO1.C1CN(CN2CCOCC2)CCO1. The van der Waals surface area contributed by atoms with E-state index in [1.807, 2.05) is 0 Å². The average molecular weight is 373 g/mol. The van der Waals surface area contributed by atoms with E-state index in [0.717, 1.165) is 119 Å². The summed E-state index contributed by atoms with van der Waals surface area (Å²) in [7, 11) is 0. The fourth-order valence-corrected chi connectivity index (χ4v) is 3.54. The van der Waals surface area contributed by atoms with Gasteiger partial charge in [-0.25, -0.2) is 0 Å². The Morgan fingerprint density at radius 2 is 0.538 bits per heavy atom. The van der Waals surface area contributed by atoms with Gasteiger partial charge in [-0.05, 0) is 0 Å². The molecule has 4 fully saturated rings. The van der Waals surface area contributed by atoms with Crippen LogP contribution < -0.4 is 0 Å². The van der Waals surface area contributed by atoms with Crippen molar-refractivity contribution in [2.45, 2.75) is 0 Å². The maximum atomic E-state index is 5.30. The standard InChI is InChI=1S/2C9H18N2O2/c2*1-5-12-6-2-10(1)9-11-3-7-13-8-4-11/h2*1-9H2. The molecule has 0 radical (unpaired) electrons. The van der Waals surface area contributed by atoms with Gasteiger partial charge in [-0.2, -0.15) is 0 Å². The van der Waals surface area contributed by atoms with Crippen molar-refractivity contribution < 1.29 is 18.9 Å². The Bertz CT molecular complexity index is 287. The van der Waals surface area contributed by atoms with Gasteiger partial charge in [0, 0.05) is 52.4 Å². The molecule has 0 N–H and O–H groups in total. The zero-order valence-electron chi connectivity index (χ0n) is 16.1. The molecule has 0 amide bonds. The van der Waals surface area contributed by atoms with Crippen molar-refractivity contribution in [2.75, 3.05) is 119 Å². The minimum atomic E-state index is 0.893. The molecular formula is C18H36N4O4. The quantitative estimate of drug-likeness (QED) is 0.637. The molecular weight excluding hydrogens is 336 g/mol. The Morgan fingerprint density at radius 1 is 0.346 bits per heavy atom. The smallest absolute Gasteiger partial charge is 0.0594 e. The van der Waals surface area contributed by atoms with Crippen LogP contribution in [0.3, 0.4) is 0 Å². The molecule has 0 saturated carbocycles. The molecule has 0 bridgehead atoms. The van der Waals surface area contributed by atoms with Gasteiger partial charge in [0.15, 0.2) is 0 Å². The van der Waals surface area contributed by atoms with Crippen molar-refractivity contribution in [1.29, 1.82) is 0 Å². The van der Waals surface area contributed by atoms with Crippen molar-refractivity contribution in [3.63, 3.8) is 0 Å².